The first-order valence-corrected chi connectivity index (χ1v) is 10.1. The first kappa shape index (κ1) is 18.4. The third kappa shape index (κ3) is 3.99. The molecule has 1 aliphatic heterocycles. The van der Waals surface area contributed by atoms with E-state index >= 15 is 0 Å². The summed E-state index contributed by atoms with van der Waals surface area (Å²) in [6, 6.07) is 8.89. The van der Waals surface area contributed by atoms with Crippen LogP contribution < -0.4 is 4.74 Å². The first-order valence-electron chi connectivity index (χ1n) is 10.1. The fourth-order valence-corrected chi connectivity index (χ4v) is 4.36. The van der Waals surface area contributed by atoms with E-state index in [-0.39, 0.29) is 6.04 Å². The van der Waals surface area contributed by atoms with E-state index in [0.717, 1.165) is 37.8 Å². The van der Waals surface area contributed by atoms with Crippen LogP contribution in [0.4, 0.5) is 0 Å². The smallest absolute Gasteiger partial charge is 0.173 e. The number of rotatable bonds is 5. The van der Waals surface area contributed by atoms with Crippen LogP contribution in [-0.4, -0.2) is 70.3 Å². The molecule has 0 bridgehead atoms. The number of nitrogens with zero attached hydrogens (tertiary/aromatic N) is 6. The van der Waals surface area contributed by atoms with Gasteiger partial charge in [0.25, 0.3) is 0 Å². The van der Waals surface area contributed by atoms with Gasteiger partial charge < -0.3 is 9.64 Å². The van der Waals surface area contributed by atoms with Crippen LogP contribution in [-0.2, 0) is 0 Å². The molecule has 7 heteroatoms. The van der Waals surface area contributed by atoms with Crippen LogP contribution in [0.3, 0.4) is 0 Å². The van der Waals surface area contributed by atoms with Gasteiger partial charge in [-0.1, -0.05) is 31.4 Å². The summed E-state index contributed by atoms with van der Waals surface area (Å²) in [6.45, 7) is 4.17. The highest BCUT2D eigenvalue weighted by molar-refractivity contribution is 5.32. The molecular weight excluding hydrogens is 340 g/mol. The minimum absolute atomic E-state index is 0.0848. The van der Waals surface area contributed by atoms with Crippen LogP contribution in [0.25, 0.3) is 0 Å². The standard InChI is InChI=1S/C20H30N6O/c1-24-12-14-25(15-13-24)19(16-8-10-18(27-2)11-9-16)20-21-22-23-26(20)17-6-4-3-5-7-17/h8-11,17,19H,3-7,12-15H2,1-2H3/t19-/m1/s1. The molecule has 1 saturated carbocycles. The van der Waals surface area contributed by atoms with Gasteiger partial charge in [0, 0.05) is 26.2 Å². The number of likely N-dealkylation sites (N-methyl/N-ethyl adjacent to an activating group) is 1. The van der Waals surface area contributed by atoms with Crippen molar-refractivity contribution in [3.05, 3.63) is 35.7 Å². The largest absolute Gasteiger partial charge is 0.497 e. The first-order chi connectivity index (χ1) is 13.3. The molecule has 1 aromatic heterocycles. The van der Waals surface area contributed by atoms with Gasteiger partial charge in [0.1, 0.15) is 5.75 Å². The van der Waals surface area contributed by atoms with Crippen molar-refractivity contribution in [2.24, 2.45) is 0 Å². The maximum atomic E-state index is 5.35. The fourth-order valence-electron chi connectivity index (χ4n) is 4.36. The highest BCUT2D eigenvalue weighted by Crippen LogP contribution is 2.34. The summed E-state index contributed by atoms with van der Waals surface area (Å²) < 4.78 is 7.47. The van der Waals surface area contributed by atoms with E-state index in [4.69, 9.17) is 4.74 Å². The second-order valence-electron chi connectivity index (χ2n) is 7.79. The summed E-state index contributed by atoms with van der Waals surface area (Å²) in [4.78, 5) is 4.90. The topological polar surface area (TPSA) is 59.3 Å². The average Bonchev–Trinajstić information content (AvgIpc) is 3.20. The molecule has 0 spiro atoms. The Balaban J connectivity index is 1.68. The Kier molecular flexibility index (Phi) is 5.69. The molecule has 1 atom stereocenters. The lowest BCUT2D eigenvalue weighted by Crippen LogP contribution is -2.46. The monoisotopic (exact) mass is 370 g/mol. The Hall–Kier alpha value is -1.99. The molecule has 1 aromatic carbocycles. The molecule has 0 radical (unpaired) electrons. The zero-order chi connectivity index (χ0) is 18.6. The Morgan fingerprint density at radius 2 is 1.70 bits per heavy atom. The molecular formula is C20H30N6O. The third-order valence-corrected chi connectivity index (χ3v) is 6.02. The van der Waals surface area contributed by atoms with Crippen molar-refractivity contribution in [3.8, 4) is 5.75 Å². The number of benzene rings is 1. The predicted octanol–water partition coefficient (Wildman–Crippen LogP) is 2.52. The van der Waals surface area contributed by atoms with Crippen molar-refractivity contribution in [1.29, 1.82) is 0 Å². The number of aromatic nitrogens is 4. The van der Waals surface area contributed by atoms with Crippen molar-refractivity contribution in [1.82, 2.24) is 30.0 Å². The number of hydrogen-bond donors (Lipinski definition) is 0. The summed E-state index contributed by atoms with van der Waals surface area (Å²) in [7, 11) is 3.89. The number of methoxy groups -OCH3 is 1. The maximum Gasteiger partial charge on any atom is 0.173 e. The summed E-state index contributed by atoms with van der Waals surface area (Å²) in [6.07, 6.45) is 6.22. The van der Waals surface area contributed by atoms with E-state index in [1.807, 2.05) is 12.1 Å². The molecule has 0 N–H and O–H groups in total. The normalized spacial score (nSPS) is 21.3. The van der Waals surface area contributed by atoms with Gasteiger partial charge in [-0.15, -0.1) is 5.10 Å². The van der Waals surface area contributed by atoms with E-state index < -0.39 is 0 Å². The van der Waals surface area contributed by atoms with E-state index in [0.29, 0.717) is 6.04 Å². The van der Waals surface area contributed by atoms with Gasteiger partial charge in [-0.05, 0) is 48.0 Å². The molecule has 0 amide bonds. The molecule has 1 saturated heterocycles. The molecule has 27 heavy (non-hydrogen) atoms. The fraction of sp³-hybridized carbons (Fsp3) is 0.650. The predicted molar refractivity (Wildman–Crippen MR) is 104 cm³/mol. The Morgan fingerprint density at radius 3 is 2.37 bits per heavy atom. The second kappa shape index (κ2) is 8.35. The Morgan fingerprint density at radius 1 is 1.00 bits per heavy atom. The lowest BCUT2D eigenvalue weighted by Gasteiger charge is -2.38. The SMILES string of the molecule is COc1ccc([C@H](c2nnnn2C2CCCCC2)N2CCN(C)CC2)cc1. The number of piperazine rings is 1. The van der Waals surface area contributed by atoms with E-state index in [2.05, 4.69) is 49.2 Å². The second-order valence-corrected chi connectivity index (χ2v) is 7.79. The molecule has 2 aromatic rings. The molecule has 2 heterocycles. The van der Waals surface area contributed by atoms with Crippen molar-refractivity contribution in [2.75, 3.05) is 40.3 Å². The number of ether oxygens (including phenoxy) is 1. The van der Waals surface area contributed by atoms with Crippen LogP contribution in [0.2, 0.25) is 0 Å². The molecule has 0 unspecified atom stereocenters. The Bertz CT molecular complexity index is 716. The van der Waals surface area contributed by atoms with E-state index in [1.165, 1.54) is 37.7 Å². The van der Waals surface area contributed by atoms with Gasteiger partial charge in [0.15, 0.2) is 5.82 Å². The maximum absolute atomic E-state index is 5.35. The van der Waals surface area contributed by atoms with Gasteiger partial charge in [0.05, 0.1) is 19.2 Å². The lowest BCUT2D eigenvalue weighted by molar-refractivity contribution is 0.119. The lowest BCUT2D eigenvalue weighted by atomic mass is 9.95. The average molecular weight is 371 g/mol. The molecule has 1 aliphatic carbocycles. The molecule has 2 aliphatic rings. The van der Waals surface area contributed by atoms with Crippen molar-refractivity contribution >= 4 is 0 Å². The Labute approximate surface area is 161 Å². The molecule has 146 valence electrons. The minimum atomic E-state index is 0.0848. The van der Waals surface area contributed by atoms with Crippen molar-refractivity contribution < 1.29 is 4.74 Å². The molecule has 4 rings (SSSR count). The van der Waals surface area contributed by atoms with Gasteiger partial charge in [0.2, 0.25) is 0 Å². The summed E-state index contributed by atoms with van der Waals surface area (Å²) in [5.74, 6) is 1.86. The van der Waals surface area contributed by atoms with Crippen LogP contribution in [0.5, 0.6) is 5.75 Å². The van der Waals surface area contributed by atoms with Gasteiger partial charge in [-0.25, -0.2) is 4.68 Å². The van der Waals surface area contributed by atoms with Crippen molar-refractivity contribution in [2.45, 2.75) is 44.2 Å². The highest BCUT2D eigenvalue weighted by Gasteiger charge is 2.32. The van der Waals surface area contributed by atoms with Crippen LogP contribution >= 0.6 is 0 Å². The zero-order valence-corrected chi connectivity index (χ0v) is 16.4. The van der Waals surface area contributed by atoms with Gasteiger partial charge in [-0.2, -0.15) is 0 Å². The molecule has 7 nitrogen and oxygen atoms in total. The number of hydrogen-bond acceptors (Lipinski definition) is 6. The quantitative estimate of drug-likeness (QED) is 0.806. The van der Waals surface area contributed by atoms with E-state index in [1.54, 1.807) is 7.11 Å². The van der Waals surface area contributed by atoms with Crippen LogP contribution in [0.1, 0.15) is 55.6 Å². The summed E-state index contributed by atoms with van der Waals surface area (Å²) in [5, 5.41) is 13.0. The minimum Gasteiger partial charge on any atom is -0.497 e. The number of tetrazole rings is 1. The highest BCUT2D eigenvalue weighted by atomic mass is 16.5. The van der Waals surface area contributed by atoms with Crippen molar-refractivity contribution in [3.63, 3.8) is 0 Å². The van der Waals surface area contributed by atoms with Crippen LogP contribution in [0.15, 0.2) is 24.3 Å². The summed E-state index contributed by atoms with van der Waals surface area (Å²) in [5.41, 5.74) is 1.23. The van der Waals surface area contributed by atoms with E-state index in [9.17, 15) is 0 Å². The van der Waals surface area contributed by atoms with Gasteiger partial charge in [-0.3, -0.25) is 4.90 Å². The zero-order valence-electron chi connectivity index (χ0n) is 16.4. The molecule has 2 fully saturated rings. The van der Waals surface area contributed by atoms with Crippen LogP contribution in [0, 0.1) is 0 Å². The van der Waals surface area contributed by atoms with Gasteiger partial charge >= 0.3 is 0 Å². The third-order valence-electron chi connectivity index (χ3n) is 6.02. The summed E-state index contributed by atoms with van der Waals surface area (Å²) >= 11 is 0.